The second-order valence-electron chi connectivity index (χ2n) is 3.92. The maximum atomic E-state index is 13.7. The Morgan fingerprint density at radius 1 is 1.50 bits per heavy atom. The maximum Gasteiger partial charge on any atom is 0.200 e. The number of carbonyl (C=O) groups is 1. The Hall–Kier alpha value is -1.49. The summed E-state index contributed by atoms with van der Waals surface area (Å²) < 4.78 is 15.8. The Bertz CT molecular complexity index is 560. The molecule has 0 aliphatic carbocycles. The quantitative estimate of drug-likeness (QED) is 0.811. The van der Waals surface area contributed by atoms with E-state index in [9.17, 15) is 9.18 Å². The lowest BCUT2D eigenvalue weighted by molar-refractivity contribution is 0.103. The number of benzene rings is 1. The van der Waals surface area contributed by atoms with Crippen molar-refractivity contribution in [2.24, 2.45) is 0 Å². The normalized spacial score (nSPS) is 10.6. The third kappa shape index (κ3) is 2.51. The molecule has 0 unspecified atom stereocenters. The van der Waals surface area contributed by atoms with Gasteiger partial charge >= 0.3 is 0 Å². The van der Waals surface area contributed by atoms with Crippen molar-refractivity contribution in [3.63, 3.8) is 0 Å². The molecular formula is C13H12BrFN2O. The minimum atomic E-state index is -0.530. The fraction of sp³-hybridized carbons (Fsp3) is 0.231. The van der Waals surface area contributed by atoms with Gasteiger partial charge in [0, 0.05) is 17.2 Å². The van der Waals surface area contributed by atoms with Crippen molar-refractivity contribution in [3.05, 3.63) is 52.0 Å². The second kappa shape index (κ2) is 5.44. The number of hydrogen-bond donors (Lipinski definition) is 0. The Morgan fingerprint density at radius 2 is 2.28 bits per heavy atom. The number of aryl methyl sites for hydroxylation is 1. The van der Waals surface area contributed by atoms with Crippen LogP contribution in [0.4, 0.5) is 4.39 Å². The first-order chi connectivity index (χ1) is 8.63. The van der Waals surface area contributed by atoms with E-state index in [0.29, 0.717) is 10.0 Å². The molecule has 0 amide bonds. The lowest BCUT2D eigenvalue weighted by atomic mass is 10.1. The molecule has 5 heteroatoms. The van der Waals surface area contributed by atoms with Crippen molar-refractivity contribution in [1.29, 1.82) is 0 Å². The van der Waals surface area contributed by atoms with E-state index in [1.807, 2.05) is 6.92 Å². The molecule has 2 aromatic rings. The largest absolute Gasteiger partial charge is 0.288 e. The van der Waals surface area contributed by atoms with Gasteiger partial charge in [-0.3, -0.25) is 9.48 Å². The van der Waals surface area contributed by atoms with Crippen molar-refractivity contribution in [1.82, 2.24) is 9.78 Å². The summed E-state index contributed by atoms with van der Waals surface area (Å²) in [5.74, 6) is -0.889. The van der Waals surface area contributed by atoms with E-state index in [4.69, 9.17) is 0 Å². The van der Waals surface area contributed by atoms with Crippen LogP contribution in [0.25, 0.3) is 0 Å². The first-order valence-corrected chi connectivity index (χ1v) is 6.44. The topological polar surface area (TPSA) is 34.9 Å². The zero-order valence-electron chi connectivity index (χ0n) is 9.86. The molecule has 0 spiro atoms. The Balaban J connectivity index is 2.35. The first kappa shape index (κ1) is 13.0. The van der Waals surface area contributed by atoms with Crippen LogP contribution in [-0.4, -0.2) is 15.6 Å². The predicted octanol–water partition coefficient (Wildman–Crippen LogP) is 3.43. The van der Waals surface area contributed by atoms with Gasteiger partial charge in [0.05, 0.1) is 17.3 Å². The van der Waals surface area contributed by atoms with Crippen molar-refractivity contribution >= 4 is 21.7 Å². The molecule has 94 valence electrons. The van der Waals surface area contributed by atoms with E-state index in [1.165, 1.54) is 12.3 Å². The highest BCUT2D eigenvalue weighted by atomic mass is 79.9. The van der Waals surface area contributed by atoms with Gasteiger partial charge in [0.25, 0.3) is 0 Å². The summed E-state index contributed by atoms with van der Waals surface area (Å²) in [7, 11) is 0. The van der Waals surface area contributed by atoms with E-state index in [1.54, 1.807) is 23.0 Å². The van der Waals surface area contributed by atoms with Gasteiger partial charge in [-0.2, -0.15) is 5.10 Å². The van der Waals surface area contributed by atoms with Crippen LogP contribution in [0.2, 0.25) is 0 Å². The SMILES string of the molecule is CCCn1cc(C(=O)c2c(F)cccc2Br)cn1. The third-order valence-corrected chi connectivity index (χ3v) is 3.20. The highest BCUT2D eigenvalue weighted by Crippen LogP contribution is 2.22. The minimum Gasteiger partial charge on any atom is -0.288 e. The summed E-state index contributed by atoms with van der Waals surface area (Å²) in [5.41, 5.74) is 0.447. The van der Waals surface area contributed by atoms with E-state index in [2.05, 4.69) is 21.0 Å². The number of aromatic nitrogens is 2. The van der Waals surface area contributed by atoms with Crippen LogP contribution < -0.4 is 0 Å². The molecule has 0 atom stereocenters. The summed E-state index contributed by atoms with van der Waals surface area (Å²) in [6, 6.07) is 4.47. The van der Waals surface area contributed by atoms with Crippen LogP contribution in [0.1, 0.15) is 29.3 Å². The number of halogens is 2. The van der Waals surface area contributed by atoms with Gasteiger partial charge in [-0.25, -0.2) is 4.39 Å². The van der Waals surface area contributed by atoms with Gasteiger partial charge in [0.1, 0.15) is 5.82 Å². The number of hydrogen-bond acceptors (Lipinski definition) is 2. The Morgan fingerprint density at radius 3 is 2.94 bits per heavy atom. The molecule has 0 aliphatic heterocycles. The van der Waals surface area contributed by atoms with Crippen LogP contribution in [0, 0.1) is 5.82 Å². The highest BCUT2D eigenvalue weighted by molar-refractivity contribution is 9.10. The van der Waals surface area contributed by atoms with Crippen LogP contribution in [0.5, 0.6) is 0 Å². The standard InChI is InChI=1S/C13H12BrFN2O/c1-2-6-17-8-9(7-16-17)13(18)12-10(14)4-3-5-11(12)15/h3-5,7-8H,2,6H2,1H3. The van der Waals surface area contributed by atoms with Crippen LogP contribution >= 0.6 is 15.9 Å². The molecule has 0 aliphatic rings. The van der Waals surface area contributed by atoms with Gasteiger partial charge in [-0.05, 0) is 34.5 Å². The van der Waals surface area contributed by atoms with Gasteiger partial charge in [0.15, 0.2) is 5.78 Å². The molecule has 2 rings (SSSR count). The molecule has 18 heavy (non-hydrogen) atoms. The van der Waals surface area contributed by atoms with Crippen LogP contribution in [0.15, 0.2) is 35.1 Å². The van der Waals surface area contributed by atoms with E-state index in [0.717, 1.165) is 13.0 Å². The molecule has 0 N–H and O–H groups in total. The smallest absolute Gasteiger partial charge is 0.200 e. The van der Waals surface area contributed by atoms with Crippen molar-refractivity contribution in [2.75, 3.05) is 0 Å². The first-order valence-electron chi connectivity index (χ1n) is 5.64. The molecule has 0 saturated heterocycles. The molecule has 1 aromatic carbocycles. The molecule has 0 fully saturated rings. The second-order valence-corrected chi connectivity index (χ2v) is 4.77. The predicted molar refractivity (Wildman–Crippen MR) is 70.1 cm³/mol. The monoisotopic (exact) mass is 310 g/mol. The number of ketones is 1. The molecule has 3 nitrogen and oxygen atoms in total. The van der Waals surface area contributed by atoms with Crippen LogP contribution in [-0.2, 0) is 6.54 Å². The third-order valence-electron chi connectivity index (χ3n) is 2.54. The number of nitrogens with zero attached hydrogens (tertiary/aromatic N) is 2. The van der Waals surface area contributed by atoms with Gasteiger partial charge in [0.2, 0.25) is 0 Å². The minimum absolute atomic E-state index is 0.0496. The average Bonchev–Trinajstić information content (AvgIpc) is 2.78. The summed E-state index contributed by atoms with van der Waals surface area (Å²) >= 11 is 3.19. The summed E-state index contributed by atoms with van der Waals surface area (Å²) in [6.45, 7) is 2.77. The fourth-order valence-corrected chi connectivity index (χ4v) is 2.21. The van der Waals surface area contributed by atoms with Crippen molar-refractivity contribution < 1.29 is 9.18 Å². The zero-order chi connectivity index (χ0) is 13.1. The van der Waals surface area contributed by atoms with Crippen molar-refractivity contribution in [3.8, 4) is 0 Å². The van der Waals surface area contributed by atoms with Gasteiger partial charge in [-0.15, -0.1) is 0 Å². The number of carbonyl (C=O) groups excluding carboxylic acids is 1. The van der Waals surface area contributed by atoms with E-state index < -0.39 is 5.82 Å². The summed E-state index contributed by atoms with van der Waals surface area (Å²) in [4.78, 5) is 12.2. The number of rotatable bonds is 4. The Labute approximate surface area is 113 Å². The Kier molecular flexibility index (Phi) is 3.91. The average molecular weight is 311 g/mol. The lowest BCUT2D eigenvalue weighted by Crippen LogP contribution is -2.04. The van der Waals surface area contributed by atoms with Crippen LogP contribution in [0.3, 0.4) is 0 Å². The summed E-state index contributed by atoms with van der Waals surface area (Å²) in [5, 5.41) is 4.07. The zero-order valence-corrected chi connectivity index (χ0v) is 11.4. The molecule has 0 radical (unpaired) electrons. The van der Waals surface area contributed by atoms with Gasteiger partial charge < -0.3 is 0 Å². The van der Waals surface area contributed by atoms with E-state index in [-0.39, 0.29) is 11.3 Å². The maximum absolute atomic E-state index is 13.7. The van der Waals surface area contributed by atoms with E-state index >= 15 is 0 Å². The molecule has 1 heterocycles. The summed E-state index contributed by atoms with van der Waals surface area (Å²) in [6.07, 6.45) is 4.04. The lowest BCUT2D eigenvalue weighted by Gasteiger charge is -2.03. The molecule has 1 aromatic heterocycles. The van der Waals surface area contributed by atoms with Crippen molar-refractivity contribution in [2.45, 2.75) is 19.9 Å². The molecular weight excluding hydrogens is 299 g/mol. The highest BCUT2D eigenvalue weighted by Gasteiger charge is 2.18. The van der Waals surface area contributed by atoms with Gasteiger partial charge in [-0.1, -0.05) is 13.0 Å². The molecule has 0 saturated carbocycles. The fourth-order valence-electron chi connectivity index (χ4n) is 1.69. The molecule has 0 bridgehead atoms.